The molecule has 0 aliphatic rings. The van der Waals surface area contributed by atoms with Crippen LogP contribution in [0, 0.1) is 5.92 Å². The predicted molar refractivity (Wildman–Crippen MR) is 129 cm³/mol. The van der Waals surface area contributed by atoms with Gasteiger partial charge in [0.15, 0.2) is 5.78 Å². The monoisotopic (exact) mass is 472 g/mol. The van der Waals surface area contributed by atoms with Crippen LogP contribution in [-0.2, 0) is 38.2 Å². The van der Waals surface area contributed by atoms with E-state index in [9.17, 15) is 18.6 Å². The summed E-state index contributed by atoms with van der Waals surface area (Å²) < 4.78 is 16.9. The molecule has 7 nitrogen and oxygen atoms in total. The topological polar surface area (TPSA) is 102 Å². The summed E-state index contributed by atoms with van der Waals surface area (Å²) in [5, 5.41) is 5.38. The van der Waals surface area contributed by atoms with Gasteiger partial charge in [-0.15, -0.1) is 0 Å². The van der Waals surface area contributed by atoms with Gasteiger partial charge in [0.05, 0.1) is 11.8 Å². The first kappa shape index (κ1) is 26.3. The first-order valence-corrected chi connectivity index (χ1v) is 12.6. The summed E-state index contributed by atoms with van der Waals surface area (Å²) in [5.41, 5.74) is 1.70. The number of ketones is 1. The van der Waals surface area contributed by atoms with Crippen molar-refractivity contribution in [3.63, 3.8) is 0 Å². The van der Waals surface area contributed by atoms with Gasteiger partial charge < -0.3 is 15.4 Å². The molecule has 2 aromatic carbocycles. The van der Waals surface area contributed by atoms with E-state index >= 15 is 0 Å². The minimum Gasteiger partial charge on any atom is -0.445 e. The van der Waals surface area contributed by atoms with E-state index in [1.807, 2.05) is 74.5 Å². The number of hydrogen-bond acceptors (Lipinski definition) is 5. The molecule has 2 amide bonds. The van der Waals surface area contributed by atoms with Gasteiger partial charge in [0, 0.05) is 17.1 Å². The summed E-state index contributed by atoms with van der Waals surface area (Å²) in [7, 11) is -1.33. The molecule has 33 heavy (non-hydrogen) atoms. The van der Waals surface area contributed by atoms with E-state index in [-0.39, 0.29) is 30.5 Å². The number of rotatable bonds is 12. The lowest BCUT2D eigenvalue weighted by Crippen LogP contribution is -2.53. The largest absolute Gasteiger partial charge is 0.445 e. The van der Waals surface area contributed by atoms with Crippen molar-refractivity contribution in [2.45, 2.75) is 45.4 Å². The van der Waals surface area contributed by atoms with Crippen molar-refractivity contribution < 1.29 is 23.3 Å². The van der Waals surface area contributed by atoms with Crippen molar-refractivity contribution in [3.05, 3.63) is 71.8 Å². The third-order valence-electron chi connectivity index (χ3n) is 4.86. The summed E-state index contributed by atoms with van der Waals surface area (Å²) >= 11 is 0. The molecule has 0 aromatic heterocycles. The summed E-state index contributed by atoms with van der Waals surface area (Å²) in [6.07, 6.45) is 1.39. The fourth-order valence-electron chi connectivity index (χ4n) is 3.28. The SMILES string of the molecule is CC(C)CC(NC(=O)OCc1ccccc1)C(=O)NC(Cc1ccccc1)C(=O)C[S@](C)=O. The van der Waals surface area contributed by atoms with Crippen molar-refractivity contribution >= 4 is 28.6 Å². The molecule has 2 rings (SSSR count). The Balaban J connectivity index is 2.07. The number of carbonyl (C=O) groups excluding carboxylic acids is 3. The smallest absolute Gasteiger partial charge is 0.408 e. The van der Waals surface area contributed by atoms with Crippen LogP contribution in [0.25, 0.3) is 0 Å². The van der Waals surface area contributed by atoms with E-state index in [2.05, 4.69) is 10.6 Å². The zero-order valence-electron chi connectivity index (χ0n) is 19.3. The molecule has 0 radical (unpaired) electrons. The zero-order chi connectivity index (χ0) is 24.2. The molecule has 2 N–H and O–H groups in total. The molecule has 0 spiro atoms. The number of carbonyl (C=O) groups is 3. The Morgan fingerprint density at radius 3 is 2.00 bits per heavy atom. The Hall–Kier alpha value is -3.00. The quantitative estimate of drug-likeness (QED) is 0.495. The maximum atomic E-state index is 13.1. The Labute approximate surface area is 197 Å². The number of hydrogen-bond donors (Lipinski definition) is 2. The molecule has 0 aliphatic heterocycles. The predicted octanol–water partition coefficient (Wildman–Crippen LogP) is 3.00. The van der Waals surface area contributed by atoms with E-state index in [1.54, 1.807) is 0 Å². The maximum Gasteiger partial charge on any atom is 0.408 e. The molecule has 0 fully saturated rings. The fourth-order valence-corrected chi connectivity index (χ4v) is 3.88. The number of ether oxygens (including phenoxy) is 1. The van der Waals surface area contributed by atoms with Crippen LogP contribution in [0.15, 0.2) is 60.7 Å². The lowest BCUT2D eigenvalue weighted by molar-refractivity contribution is -0.128. The van der Waals surface area contributed by atoms with Crippen LogP contribution < -0.4 is 10.6 Å². The number of alkyl carbamates (subject to hydrolysis) is 1. The second kappa shape index (κ2) is 13.5. The van der Waals surface area contributed by atoms with Crippen molar-refractivity contribution in [3.8, 4) is 0 Å². The maximum absolute atomic E-state index is 13.1. The lowest BCUT2D eigenvalue weighted by atomic mass is 10.00. The molecule has 0 aliphatic carbocycles. The van der Waals surface area contributed by atoms with Crippen molar-refractivity contribution in [2.75, 3.05) is 12.0 Å². The second-order valence-corrected chi connectivity index (χ2v) is 9.76. The fraction of sp³-hybridized carbons (Fsp3) is 0.400. The molecule has 0 bridgehead atoms. The molecule has 0 saturated carbocycles. The van der Waals surface area contributed by atoms with Gasteiger partial charge in [-0.2, -0.15) is 0 Å². The van der Waals surface area contributed by atoms with Crippen LogP contribution in [0.4, 0.5) is 4.79 Å². The summed E-state index contributed by atoms with van der Waals surface area (Å²) in [6.45, 7) is 3.95. The van der Waals surface area contributed by atoms with Crippen molar-refractivity contribution in [1.82, 2.24) is 10.6 Å². The molecular formula is C25H32N2O5S. The minimum absolute atomic E-state index is 0.0835. The molecule has 178 valence electrons. The Morgan fingerprint density at radius 1 is 0.879 bits per heavy atom. The van der Waals surface area contributed by atoms with Gasteiger partial charge in [0.25, 0.3) is 0 Å². The van der Waals surface area contributed by atoms with Crippen LogP contribution in [-0.4, -0.2) is 46.1 Å². The van der Waals surface area contributed by atoms with Crippen LogP contribution in [0.1, 0.15) is 31.4 Å². The van der Waals surface area contributed by atoms with Gasteiger partial charge in [0.1, 0.15) is 12.6 Å². The van der Waals surface area contributed by atoms with Gasteiger partial charge in [-0.1, -0.05) is 74.5 Å². The average molecular weight is 473 g/mol. The van der Waals surface area contributed by atoms with Gasteiger partial charge in [-0.25, -0.2) is 4.79 Å². The molecule has 3 atom stereocenters. The molecule has 2 unspecified atom stereocenters. The summed E-state index contributed by atoms with van der Waals surface area (Å²) in [6, 6.07) is 16.8. The highest BCUT2D eigenvalue weighted by Crippen LogP contribution is 2.09. The Bertz CT molecular complexity index is 934. The number of nitrogens with one attached hydrogen (secondary N) is 2. The number of Topliss-reactive ketones (excluding diaryl/α,β-unsaturated/α-hetero) is 1. The molecule has 2 aromatic rings. The van der Waals surface area contributed by atoms with Crippen molar-refractivity contribution in [1.29, 1.82) is 0 Å². The molecular weight excluding hydrogens is 440 g/mol. The summed E-state index contributed by atoms with van der Waals surface area (Å²) in [4.78, 5) is 38.1. The van der Waals surface area contributed by atoms with E-state index in [4.69, 9.17) is 4.74 Å². The number of amides is 2. The van der Waals surface area contributed by atoms with Gasteiger partial charge >= 0.3 is 6.09 Å². The zero-order valence-corrected chi connectivity index (χ0v) is 20.1. The number of benzene rings is 2. The van der Waals surface area contributed by atoms with Gasteiger partial charge in [-0.3, -0.25) is 13.8 Å². The lowest BCUT2D eigenvalue weighted by Gasteiger charge is -2.24. The third kappa shape index (κ3) is 9.99. The van der Waals surface area contributed by atoms with Gasteiger partial charge in [0.2, 0.25) is 5.91 Å². The van der Waals surface area contributed by atoms with E-state index in [1.165, 1.54) is 6.26 Å². The van der Waals surface area contributed by atoms with Crippen molar-refractivity contribution in [2.24, 2.45) is 5.92 Å². The van der Waals surface area contributed by atoms with Crippen LogP contribution in [0.5, 0.6) is 0 Å². The average Bonchev–Trinajstić information content (AvgIpc) is 2.77. The van der Waals surface area contributed by atoms with Crippen LogP contribution in [0.3, 0.4) is 0 Å². The molecule has 0 heterocycles. The normalized spacial score (nSPS) is 13.6. The van der Waals surface area contributed by atoms with E-state index in [0.29, 0.717) is 6.42 Å². The highest BCUT2D eigenvalue weighted by Gasteiger charge is 2.28. The van der Waals surface area contributed by atoms with Crippen LogP contribution in [0.2, 0.25) is 0 Å². The van der Waals surface area contributed by atoms with Crippen LogP contribution >= 0.6 is 0 Å². The standard InChI is InChI=1S/C25H32N2O5S/c1-18(2)14-22(27-25(30)32-16-20-12-8-5-9-13-20)24(29)26-21(23(28)17-33(3)31)15-19-10-6-4-7-11-19/h4-13,18,21-22H,14-17H2,1-3H3,(H,26,29)(H,27,30)/t21?,22?,33-/m0/s1. The molecule has 8 heteroatoms. The van der Waals surface area contributed by atoms with E-state index < -0.39 is 34.9 Å². The molecule has 0 saturated heterocycles. The Kier molecular flexibility index (Phi) is 10.8. The first-order chi connectivity index (χ1) is 15.7. The van der Waals surface area contributed by atoms with E-state index in [0.717, 1.165) is 11.1 Å². The highest BCUT2D eigenvalue weighted by atomic mass is 32.2. The highest BCUT2D eigenvalue weighted by molar-refractivity contribution is 7.85. The Morgan fingerprint density at radius 2 is 1.45 bits per heavy atom. The van der Waals surface area contributed by atoms with Gasteiger partial charge in [-0.05, 0) is 29.9 Å². The second-order valence-electron chi connectivity index (χ2n) is 8.32. The summed E-state index contributed by atoms with van der Waals surface area (Å²) in [5.74, 6) is -0.833. The minimum atomic E-state index is -1.33. The third-order valence-corrected chi connectivity index (χ3v) is 5.55. The first-order valence-electron chi connectivity index (χ1n) is 10.9.